The van der Waals surface area contributed by atoms with Crippen LogP contribution in [0.15, 0.2) is 12.3 Å². The van der Waals surface area contributed by atoms with Gasteiger partial charge in [0.25, 0.3) is 0 Å². The molecule has 1 saturated heterocycles. The Balaban J connectivity index is 2.01. The van der Waals surface area contributed by atoms with E-state index >= 15 is 0 Å². The van der Waals surface area contributed by atoms with E-state index in [0.717, 1.165) is 0 Å². The normalized spacial score (nSPS) is 35.6. The second-order valence-corrected chi connectivity index (χ2v) is 3.85. The molecule has 0 amide bonds. The molecule has 3 heterocycles. The van der Waals surface area contributed by atoms with Crippen LogP contribution >= 0.6 is 0 Å². The lowest BCUT2D eigenvalue weighted by atomic mass is 10.1. The molecule has 86 valence electrons. The fourth-order valence-corrected chi connectivity index (χ4v) is 2.07. The molecule has 4 unspecified atom stereocenters. The Bertz CT molecular complexity index is 474. The van der Waals surface area contributed by atoms with E-state index in [4.69, 9.17) is 20.0 Å². The second-order valence-electron chi connectivity index (χ2n) is 3.85. The van der Waals surface area contributed by atoms with Crippen LogP contribution in [0.3, 0.4) is 0 Å². The third kappa shape index (κ3) is 1.19. The molecule has 3 rings (SSSR count). The van der Waals surface area contributed by atoms with Crippen LogP contribution < -0.4 is 10.2 Å². The number of hydrogen-bond donors (Lipinski definition) is 3. The third-order valence-electron chi connectivity index (χ3n) is 2.90. The maximum absolute atomic E-state index is 9.54. The molecule has 0 saturated carbocycles. The smallest absolute Gasteiger partial charge is 0.300 e. The predicted molar refractivity (Wildman–Crippen MR) is 49.2 cm³/mol. The molecule has 2 aliphatic heterocycles. The summed E-state index contributed by atoms with van der Waals surface area (Å²) in [6.45, 7) is -0.218. The zero-order valence-electron chi connectivity index (χ0n) is 8.28. The highest BCUT2D eigenvalue weighted by Crippen LogP contribution is 2.40. The molecule has 16 heavy (non-hydrogen) atoms. The number of rotatable bonds is 1. The molecule has 0 aliphatic carbocycles. The van der Waals surface area contributed by atoms with Gasteiger partial charge in [0, 0.05) is 6.20 Å². The summed E-state index contributed by atoms with van der Waals surface area (Å²) in [5.41, 5.74) is 0.104. The van der Waals surface area contributed by atoms with E-state index < -0.39 is 24.5 Å². The van der Waals surface area contributed by atoms with Crippen LogP contribution in [-0.2, 0) is 4.74 Å². The van der Waals surface area contributed by atoms with Crippen molar-refractivity contribution in [2.24, 2.45) is 5.92 Å². The highest BCUT2D eigenvalue weighted by Gasteiger charge is 2.50. The maximum Gasteiger partial charge on any atom is 0.300 e. The molecule has 7 nitrogen and oxygen atoms in total. The fraction of sp³-hybridized carbons (Fsp3) is 0.556. The van der Waals surface area contributed by atoms with Gasteiger partial charge in [0.05, 0.1) is 12.5 Å². The zero-order chi connectivity index (χ0) is 11.3. The minimum absolute atomic E-state index is 0.104. The molecule has 1 aromatic rings. The molecule has 0 radical (unpaired) electrons. The molecule has 2 aliphatic rings. The Hall–Kier alpha value is -1.44. The van der Waals surface area contributed by atoms with Crippen LogP contribution in [0, 0.1) is 11.3 Å². The Morgan fingerprint density at radius 1 is 1.56 bits per heavy atom. The van der Waals surface area contributed by atoms with E-state index in [0.29, 0.717) is 0 Å². The van der Waals surface area contributed by atoms with Gasteiger partial charge in [-0.25, -0.2) is 0 Å². The summed E-state index contributed by atoms with van der Waals surface area (Å²) in [5.74, 6) is -0.485. The van der Waals surface area contributed by atoms with Crippen molar-refractivity contribution >= 4 is 0 Å². The minimum Gasteiger partial charge on any atom is -0.456 e. The standard InChI is InChI=1S/C9H11N3O4/c10-5-1-2-12-7-6(15-9(12)11-5)4(3-13)8(14)16-7/h1-2,4,6-8,10,13-14H,3H2. The monoisotopic (exact) mass is 225 g/mol. The summed E-state index contributed by atoms with van der Waals surface area (Å²) >= 11 is 0. The van der Waals surface area contributed by atoms with Crippen molar-refractivity contribution in [3.8, 4) is 6.01 Å². The van der Waals surface area contributed by atoms with E-state index in [-0.39, 0.29) is 18.1 Å². The number of aliphatic hydroxyl groups excluding tert-OH is 2. The number of hydrogen-bond acceptors (Lipinski definition) is 6. The number of nitrogens with one attached hydrogen (secondary N) is 1. The average Bonchev–Trinajstić information content (AvgIpc) is 2.71. The van der Waals surface area contributed by atoms with Crippen molar-refractivity contribution in [2.75, 3.05) is 6.61 Å². The number of fused-ring (bicyclic) bond motifs is 3. The summed E-state index contributed by atoms with van der Waals surface area (Å²) in [7, 11) is 0. The molecular formula is C9H11N3O4. The molecule has 7 heteroatoms. The van der Waals surface area contributed by atoms with Crippen molar-refractivity contribution in [3.05, 3.63) is 17.8 Å². The van der Waals surface area contributed by atoms with Gasteiger partial charge in [0.1, 0.15) is 0 Å². The van der Waals surface area contributed by atoms with Crippen molar-refractivity contribution in [1.82, 2.24) is 9.55 Å². The van der Waals surface area contributed by atoms with Gasteiger partial charge < -0.3 is 19.7 Å². The van der Waals surface area contributed by atoms with Crippen molar-refractivity contribution in [3.63, 3.8) is 0 Å². The Labute approximate surface area is 90.4 Å². The van der Waals surface area contributed by atoms with Gasteiger partial charge in [0.15, 0.2) is 24.1 Å². The summed E-state index contributed by atoms with van der Waals surface area (Å²) in [5, 5.41) is 26.0. The zero-order valence-corrected chi connectivity index (χ0v) is 8.28. The quantitative estimate of drug-likeness (QED) is 0.544. The van der Waals surface area contributed by atoms with Gasteiger partial charge in [-0.05, 0) is 6.07 Å². The second kappa shape index (κ2) is 3.27. The number of aromatic nitrogens is 2. The van der Waals surface area contributed by atoms with Crippen LogP contribution in [0.25, 0.3) is 0 Å². The number of nitrogens with zero attached hydrogens (tertiary/aromatic N) is 2. The van der Waals surface area contributed by atoms with Crippen LogP contribution in [0.4, 0.5) is 0 Å². The van der Waals surface area contributed by atoms with Gasteiger partial charge in [-0.1, -0.05) is 0 Å². The summed E-state index contributed by atoms with van der Waals surface area (Å²) in [6.07, 6.45) is -0.331. The van der Waals surface area contributed by atoms with Gasteiger partial charge >= 0.3 is 6.01 Å². The van der Waals surface area contributed by atoms with Crippen LogP contribution in [0.1, 0.15) is 6.23 Å². The highest BCUT2D eigenvalue weighted by atomic mass is 16.7. The van der Waals surface area contributed by atoms with Crippen molar-refractivity contribution in [2.45, 2.75) is 18.6 Å². The summed E-state index contributed by atoms with van der Waals surface area (Å²) < 4.78 is 12.4. The van der Waals surface area contributed by atoms with E-state index in [1.165, 1.54) is 6.07 Å². The van der Waals surface area contributed by atoms with Crippen molar-refractivity contribution < 1.29 is 19.7 Å². The van der Waals surface area contributed by atoms with Crippen molar-refractivity contribution in [1.29, 1.82) is 5.41 Å². The highest BCUT2D eigenvalue weighted by molar-refractivity contribution is 5.09. The topological polar surface area (TPSA) is 101 Å². The van der Waals surface area contributed by atoms with E-state index in [1.807, 2.05) is 0 Å². The average molecular weight is 225 g/mol. The largest absolute Gasteiger partial charge is 0.456 e. The lowest BCUT2D eigenvalue weighted by Gasteiger charge is -2.14. The molecule has 1 fully saturated rings. The fourth-order valence-electron chi connectivity index (χ4n) is 2.07. The first-order valence-corrected chi connectivity index (χ1v) is 4.95. The first-order valence-electron chi connectivity index (χ1n) is 4.95. The molecule has 4 atom stereocenters. The minimum atomic E-state index is -1.03. The molecule has 0 bridgehead atoms. The SMILES string of the molecule is N=c1ccn2c(n1)OC1C(CO)C(O)OC12. The molecule has 0 aromatic carbocycles. The van der Waals surface area contributed by atoms with Gasteiger partial charge in [-0.3, -0.25) is 9.98 Å². The van der Waals surface area contributed by atoms with Gasteiger partial charge in [-0.15, -0.1) is 0 Å². The summed E-state index contributed by atoms with van der Waals surface area (Å²) in [4.78, 5) is 3.89. The predicted octanol–water partition coefficient (Wildman–Crippen LogP) is -1.42. The van der Waals surface area contributed by atoms with Crippen LogP contribution in [-0.4, -0.2) is 38.8 Å². The first-order chi connectivity index (χ1) is 7.70. The molecule has 0 spiro atoms. The van der Waals surface area contributed by atoms with Crippen LogP contribution in [0.2, 0.25) is 0 Å². The van der Waals surface area contributed by atoms with Gasteiger partial charge in [-0.2, -0.15) is 4.98 Å². The summed E-state index contributed by atoms with van der Waals surface area (Å²) in [6, 6.07) is 1.80. The first kappa shape index (κ1) is 9.76. The lowest BCUT2D eigenvalue weighted by Crippen LogP contribution is -2.30. The Morgan fingerprint density at radius 3 is 3.12 bits per heavy atom. The van der Waals surface area contributed by atoms with Gasteiger partial charge in [0.2, 0.25) is 0 Å². The lowest BCUT2D eigenvalue weighted by molar-refractivity contribution is -0.130. The number of ether oxygens (including phenoxy) is 2. The maximum atomic E-state index is 9.54. The molecule has 3 N–H and O–H groups in total. The molecular weight excluding hydrogens is 214 g/mol. The van der Waals surface area contributed by atoms with E-state index in [9.17, 15) is 5.11 Å². The third-order valence-corrected chi connectivity index (χ3v) is 2.90. The number of aliphatic hydroxyl groups is 2. The van der Waals surface area contributed by atoms with E-state index in [2.05, 4.69) is 4.98 Å². The van der Waals surface area contributed by atoms with Crippen LogP contribution in [0.5, 0.6) is 6.01 Å². The Kier molecular flexibility index (Phi) is 2.00. The Morgan fingerprint density at radius 2 is 2.38 bits per heavy atom. The molecule has 1 aromatic heterocycles. The van der Waals surface area contributed by atoms with E-state index in [1.54, 1.807) is 10.8 Å².